The van der Waals surface area contributed by atoms with E-state index in [2.05, 4.69) is 5.32 Å². The number of rotatable bonds is 3. The van der Waals surface area contributed by atoms with Crippen molar-refractivity contribution in [1.82, 2.24) is 0 Å². The van der Waals surface area contributed by atoms with Crippen LogP contribution in [-0.2, 0) is 10.0 Å². The fourth-order valence-corrected chi connectivity index (χ4v) is 2.91. The van der Waals surface area contributed by atoms with Crippen LogP contribution in [0.1, 0.15) is 16.1 Å². The number of carbonyl (C=O) groups is 1. The molecule has 0 aliphatic carbocycles. The van der Waals surface area contributed by atoms with Crippen LogP contribution in [0.4, 0.5) is 5.69 Å². The van der Waals surface area contributed by atoms with Gasteiger partial charge in [-0.1, -0.05) is 6.07 Å². The van der Waals surface area contributed by atoms with Gasteiger partial charge < -0.3 is 14.8 Å². The number of aryl methyl sites for hydroxylation is 1. The number of primary sulfonamides is 1. The number of hydrogen-bond acceptors (Lipinski definition) is 5. The summed E-state index contributed by atoms with van der Waals surface area (Å²) in [6, 6.07) is 10.1. The Morgan fingerprint density at radius 1 is 1.21 bits per heavy atom. The van der Waals surface area contributed by atoms with Gasteiger partial charge in [0, 0.05) is 5.39 Å². The standard InChI is InChI=1S/C16H14N2O5S/c1-9-7-12-11(3-2-4-15(12)23-9)16(20)18-13-8-10(24(17,21)22)5-6-14(13)19/h2-8,19H,1H3,(H,18,20)(H2,17,21,22). The van der Waals surface area contributed by atoms with Crippen LogP contribution in [0.3, 0.4) is 0 Å². The second kappa shape index (κ2) is 5.66. The zero-order valence-electron chi connectivity index (χ0n) is 12.6. The molecule has 0 radical (unpaired) electrons. The maximum atomic E-state index is 12.5. The molecule has 0 fully saturated rings. The van der Waals surface area contributed by atoms with Gasteiger partial charge in [0.05, 0.1) is 16.1 Å². The first-order chi connectivity index (χ1) is 11.3. The number of amides is 1. The lowest BCUT2D eigenvalue weighted by Crippen LogP contribution is -2.15. The van der Waals surface area contributed by atoms with E-state index >= 15 is 0 Å². The minimum Gasteiger partial charge on any atom is -0.506 e. The molecule has 1 heterocycles. The summed E-state index contributed by atoms with van der Waals surface area (Å²) in [5, 5.41) is 18.0. The highest BCUT2D eigenvalue weighted by atomic mass is 32.2. The van der Waals surface area contributed by atoms with Gasteiger partial charge in [-0.2, -0.15) is 0 Å². The summed E-state index contributed by atoms with van der Waals surface area (Å²) in [6.07, 6.45) is 0. The van der Waals surface area contributed by atoms with Gasteiger partial charge in [0.1, 0.15) is 17.1 Å². The second-order valence-corrected chi connectivity index (χ2v) is 6.81. The number of nitrogens with one attached hydrogen (secondary N) is 1. The van der Waals surface area contributed by atoms with E-state index in [0.29, 0.717) is 22.3 Å². The first-order valence-corrected chi connectivity index (χ1v) is 8.46. The fourth-order valence-electron chi connectivity index (χ4n) is 2.37. The third-order valence-corrected chi connectivity index (χ3v) is 4.39. The van der Waals surface area contributed by atoms with Crippen molar-refractivity contribution in [2.24, 2.45) is 5.14 Å². The van der Waals surface area contributed by atoms with Crippen LogP contribution in [-0.4, -0.2) is 19.4 Å². The van der Waals surface area contributed by atoms with Crippen molar-refractivity contribution < 1.29 is 22.7 Å². The number of phenolic OH excluding ortho intramolecular Hbond substituents is 1. The van der Waals surface area contributed by atoms with Gasteiger partial charge >= 0.3 is 0 Å². The number of fused-ring (bicyclic) bond motifs is 1. The number of sulfonamides is 1. The monoisotopic (exact) mass is 346 g/mol. The molecule has 3 rings (SSSR count). The molecule has 124 valence electrons. The van der Waals surface area contributed by atoms with E-state index in [1.807, 2.05) is 0 Å². The predicted octanol–water partition coefficient (Wildman–Crippen LogP) is 2.35. The molecule has 0 spiro atoms. The van der Waals surface area contributed by atoms with Gasteiger partial charge in [0.25, 0.3) is 5.91 Å². The fraction of sp³-hybridized carbons (Fsp3) is 0.0625. The Bertz CT molecular complexity index is 1050. The third-order valence-electron chi connectivity index (χ3n) is 3.47. The summed E-state index contributed by atoms with van der Waals surface area (Å²) in [5.74, 6) is -0.126. The van der Waals surface area contributed by atoms with Crippen molar-refractivity contribution in [2.45, 2.75) is 11.8 Å². The molecule has 0 aliphatic heterocycles. The summed E-state index contributed by atoms with van der Waals surface area (Å²) in [6.45, 7) is 1.77. The molecule has 0 atom stereocenters. The van der Waals surface area contributed by atoms with E-state index < -0.39 is 15.9 Å². The number of carbonyl (C=O) groups excluding carboxylic acids is 1. The Kier molecular flexibility index (Phi) is 3.78. The zero-order chi connectivity index (χ0) is 17.5. The summed E-state index contributed by atoms with van der Waals surface area (Å²) >= 11 is 0. The van der Waals surface area contributed by atoms with Gasteiger partial charge in [-0.15, -0.1) is 0 Å². The van der Waals surface area contributed by atoms with Gasteiger partial charge in [-0.25, -0.2) is 13.6 Å². The average Bonchev–Trinajstić information content (AvgIpc) is 2.88. The first kappa shape index (κ1) is 16.0. The summed E-state index contributed by atoms with van der Waals surface area (Å²) < 4.78 is 28.3. The lowest BCUT2D eigenvalue weighted by atomic mass is 10.1. The van der Waals surface area contributed by atoms with Gasteiger partial charge in [0.15, 0.2) is 0 Å². The maximum absolute atomic E-state index is 12.5. The van der Waals surface area contributed by atoms with Crippen molar-refractivity contribution in [3.8, 4) is 5.75 Å². The molecule has 0 unspecified atom stereocenters. The molecule has 0 saturated carbocycles. The van der Waals surface area contributed by atoms with Gasteiger partial charge in [-0.3, -0.25) is 4.79 Å². The number of phenols is 1. The van der Waals surface area contributed by atoms with Crippen molar-refractivity contribution in [1.29, 1.82) is 0 Å². The SMILES string of the molecule is Cc1cc2c(C(=O)Nc3cc(S(N)(=O)=O)ccc3O)cccc2o1. The van der Waals surface area contributed by atoms with Crippen LogP contribution in [0.5, 0.6) is 5.75 Å². The second-order valence-electron chi connectivity index (χ2n) is 5.25. The minimum atomic E-state index is -3.95. The van der Waals surface area contributed by atoms with E-state index in [1.54, 1.807) is 31.2 Å². The number of anilines is 1. The van der Waals surface area contributed by atoms with E-state index in [4.69, 9.17) is 9.56 Å². The molecule has 24 heavy (non-hydrogen) atoms. The molecule has 0 bridgehead atoms. The van der Waals surface area contributed by atoms with Crippen LogP contribution in [0.25, 0.3) is 11.0 Å². The normalized spacial score (nSPS) is 11.6. The number of nitrogens with two attached hydrogens (primary N) is 1. The molecular formula is C16H14N2O5S. The van der Waals surface area contributed by atoms with E-state index in [-0.39, 0.29) is 16.3 Å². The molecule has 2 aromatic carbocycles. The van der Waals surface area contributed by atoms with Crippen LogP contribution in [0.2, 0.25) is 0 Å². The average molecular weight is 346 g/mol. The molecule has 0 saturated heterocycles. The number of furan rings is 1. The Morgan fingerprint density at radius 3 is 2.67 bits per heavy atom. The van der Waals surface area contributed by atoms with E-state index in [1.165, 1.54) is 0 Å². The first-order valence-electron chi connectivity index (χ1n) is 6.92. The van der Waals surface area contributed by atoms with Crippen molar-refractivity contribution >= 4 is 32.6 Å². The van der Waals surface area contributed by atoms with Crippen LogP contribution < -0.4 is 10.5 Å². The highest BCUT2D eigenvalue weighted by Crippen LogP contribution is 2.28. The van der Waals surface area contributed by atoms with Crippen LogP contribution >= 0.6 is 0 Å². The molecular weight excluding hydrogens is 332 g/mol. The minimum absolute atomic E-state index is 0.0521. The number of benzene rings is 2. The highest BCUT2D eigenvalue weighted by molar-refractivity contribution is 7.89. The van der Waals surface area contributed by atoms with Crippen molar-refractivity contribution in [2.75, 3.05) is 5.32 Å². The largest absolute Gasteiger partial charge is 0.506 e. The maximum Gasteiger partial charge on any atom is 0.256 e. The summed E-state index contributed by atoms with van der Waals surface area (Å²) in [7, 11) is -3.95. The molecule has 3 aromatic rings. The van der Waals surface area contributed by atoms with Crippen molar-refractivity contribution in [3.05, 3.63) is 53.8 Å². The summed E-state index contributed by atoms with van der Waals surface area (Å²) in [4.78, 5) is 12.3. The summed E-state index contributed by atoms with van der Waals surface area (Å²) in [5.41, 5.74) is 0.844. The Labute approximate surface area is 137 Å². The zero-order valence-corrected chi connectivity index (χ0v) is 13.4. The molecule has 0 aliphatic rings. The molecule has 1 aromatic heterocycles. The topological polar surface area (TPSA) is 123 Å². The Morgan fingerprint density at radius 2 is 1.96 bits per heavy atom. The van der Waals surface area contributed by atoms with Crippen LogP contribution in [0.15, 0.2) is 51.8 Å². The van der Waals surface area contributed by atoms with Gasteiger partial charge in [-0.05, 0) is 43.3 Å². The van der Waals surface area contributed by atoms with Crippen LogP contribution in [0, 0.1) is 6.92 Å². The molecule has 1 amide bonds. The quantitative estimate of drug-likeness (QED) is 0.628. The van der Waals surface area contributed by atoms with Gasteiger partial charge in [0.2, 0.25) is 10.0 Å². The Balaban J connectivity index is 2.00. The Hall–Kier alpha value is -2.84. The van der Waals surface area contributed by atoms with Crippen molar-refractivity contribution in [3.63, 3.8) is 0 Å². The third kappa shape index (κ3) is 2.97. The number of aromatic hydroxyl groups is 1. The predicted molar refractivity (Wildman–Crippen MR) is 88.4 cm³/mol. The van der Waals surface area contributed by atoms with E-state index in [0.717, 1.165) is 18.2 Å². The molecule has 8 heteroatoms. The smallest absolute Gasteiger partial charge is 0.256 e. The highest BCUT2D eigenvalue weighted by Gasteiger charge is 2.16. The molecule has 7 nitrogen and oxygen atoms in total. The lowest BCUT2D eigenvalue weighted by Gasteiger charge is -2.09. The van der Waals surface area contributed by atoms with E-state index in [9.17, 15) is 18.3 Å². The molecule has 4 N–H and O–H groups in total. The number of hydrogen-bond donors (Lipinski definition) is 3. The lowest BCUT2D eigenvalue weighted by molar-refractivity contribution is 0.102.